The van der Waals surface area contributed by atoms with Crippen LogP contribution in [0.1, 0.15) is 36.0 Å². The summed E-state index contributed by atoms with van der Waals surface area (Å²) in [4.78, 5) is 15.0. The molecule has 0 unspecified atom stereocenters. The Labute approximate surface area is 167 Å². The van der Waals surface area contributed by atoms with E-state index in [2.05, 4.69) is 10.2 Å². The van der Waals surface area contributed by atoms with Gasteiger partial charge in [-0.2, -0.15) is 0 Å². The smallest absolute Gasteiger partial charge is 0.255 e. The number of nitrogens with one attached hydrogen (secondary N) is 1. The van der Waals surface area contributed by atoms with Crippen molar-refractivity contribution in [2.45, 2.75) is 25.7 Å². The summed E-state index contributed by atoms with van der Waals surface area (Å²) < 4.78 is 11.4. The maximum Gasteiger partial charge on any atom is 0.255 e. The molecule has 2 aromatic carbocycles. The monoisotopic (exact) mass is 382 g/mol. The third-order valence-corrected chi connectivity index (χ3v) is 4.87. The van der Waals surface area contributed by atoms with Gasteiger partial charge in [0, 0.05) is 6.54 Å². The van der Waals surface area contributed by atoms with Gasteiger partial charge in [0.25, 0.3) is 5.91 Å². The van der Waals surface area contributed by atoms with Crippen molar-refractivity contribution in [3.63, 3.8) is 0 Å². The fourth-order valence-electron chi connectivity index (χ4n) is 3.39. The standard InChI is InChI=1S/C23H30N2O3/c26-23(24-14-9-17-25-15-7-2-8-16-25)21-12-5-6-13-22(21)28-19-18-27-20-10-3-1-4-11-20/h1,3-6,10-13H,2,7-9,14-19H2,(H,24,26). The molecule has 1 aliphatic rings. The van der Waals surface area contributed by atoms with Crippen LogP contribution in [0.25, 0.3) is 0 Å². The molecule has 0 radical (unpaired) electrons. The van der Waals surface area contributed by atoms with Gasteiger partial charge in [-0.3, -0.25) is 4.79 Å². The Kier molecular flexibility index (Phi) is 8.19. The molecule has 0 spiro atoms. The SMILES string of the molecule is O=C(NCCCN1CCCCC1)c1ccccc1OCCOc1ccccc1. The van der Waals surface area contributed by atoms with E-state index in [9.17, 15) is 4.79 Å². The number of ether oxygens (including phenoxy) is 2. The second-order valence-corrected chi connectivity index (χ2v) is 7.02. The van der Waals surface area contributed by atoms with E-state index in [1.165, 1.54) is 32.4 Å². The molecule has 0 saturated carbocycles. The van der Waals surface area contributed by atoms with Crippen molar-refractivity contribution in [2.75, 3.05) is 39.4 Å². The number of hydrogen-bond acceptors (Lipinski definition) is 4. The van der Waals surface area contributed by atoms with Gasteiger partial charge in [0.15, 0.2) is 0 Å². The van der Waals surface area contributed by atoms with Crippen LogP contribution in [0, 0.1) is 0 Å². The largest absolute Gasteiger partial charge is 0.490 e. The molecule has 0 bridgehead atoms. The molecule has 2 aromatic rings. The highest BCUT2D eigenvalue weighted by Crippen LogP contribution is 2.18. The first-order chi connectivity index (χ1) is 13.8. The summed E-state index contributed by atoms with van der Waals surface area (Å²) in [5.41, 5.74) is 0.570. The number of likely N-dealkylation sites (tertiary alicyclic amines) is 1. The van der Waals surface area contributed by atoms with Crippen molar-refractivity contribution in [3.8, 4) is 11.5 Å². The third kappa shape index (κ3) is 6.57. The first-order valence-electron chi connectivity index (χ1n) is 10.2. The van der Waals surface area contributed by atoms with Crippen LogP contribution < -0.4 is 14.8 Å². The van der Waals surface area contributed by atoms with Crippen LogP contribution in [0.3, 0.4) is 0 Å². The summed E-state index contributed by atoms with van der Waals surface area (Å²) >= 11 is 0. The lowest BCUT2D eigenvalue weighted by atomic mass is 10.1. The fraction of sp³-hybridized carbons (Fsp3) is 0.435. The molecule has 0 aliphatic carbocycles. The molecule has 150 valence electrons. The van der Waals surface area contributed by atoms with Gasteiger partial charge >= 0.3 is 0 Å². The predicted octanol–water partition coefficient (Wildman–Crippen LogP) is 3.75. The van der Waals surface area contributed by atoms with Crippen molar-refractivity contribution >= 4 is 5.91 Å². The van der Waals surface area contributed by atoms with Gasteiger partial charge in [-0.1, -0.05) is 36.8 Å². The highest BCUT2D eigenvalue weighted by atomic mass is 16.5. The van der Waals surface area contributed by atoms with Gasteiger partial charge in [-0.15, -0.1) is 0 Å². The Morgan fingerprint density at radius 3 is 2.43 bits per heavy atom. The van der Waals surface area contributed by atoms with Crippen LogP contribution >= 0.6 is 0 Å². The van der Waals surface area contributed by atoms with E-state index >= 15 is 0 Å². The van der Waals surface area contributed by atoms with Gasteiger partial charge in [0.2, 0.25) is 0 Å². The van der Waals surface area contributed by atoms with Crippen molar-refractivity contribution < 1.29 is 14.3 Å². The molecule has 1 amide bonds. The summed E-state index contributed by atoms with van der Waals surface area (Å²) in [6, 6.07) is 17.0. The minimum Gasteiger partial charge on any atom is -0.490 e. The van der Waals surface area contributed by atoms with Crippen LogP contribution in [0.15, 0.2) is 54.6 Å². The van der Waals surface area contributed by atoms with E-state index in [-0.39, 0.29) is 5.91 Å². The number of para-hydroxylation sites is 2. The number of amides is 1. The molecule has 5 heteroatoms. The van der Waals surface area contributed by atoms with Gasteiger partial charge in [-0.05, 0) is 63.2 Å². The summed E-state index contributed by atoms with van der Waals surface area (Å²) in [5.74, 6) is 1.32. The Bertz CT molecular complexity index is 715. The molecule has 28 heavy (non-hydrogen) atoms. The fourth-order valence-corrected chi connectivity index (χ4v) is 3.39. The average Bonchev–Trinajstić information content (AvgIpc) is 2.76. The molecule has 0 atom stereocenters. The van der Waals surface area contributed by atoms with Crippen molar-refractivity contribution in [1.82, 2.24) is 10.2 Å². The molecule has 1 aliphatic heterocycles. The lowest BCUT2D eigenvalue weighted by Crippen LogP contribution is -2.33. The lowest BCUT2D eigenvalue weighted by Gasteiger charge is -2.26. The van der Waals surface area contributed by atoms with Crippen LogP contribution in [-0.4, -0.2) is 50.2 Å². The van der Waals surface area contributed by atoms with Crippen molar-refractivity contribution in [3.05, 3.63) is 60.2 Å². The summed E-state index contributed by atoms with van der Waals surface area (Å²) in [7, 11) is 0. The van der Waals surface area contributed by atoms with Gasteiger partial charge in [0.05, 0.1) is 5.56 Å². The Balaban J connectivity index is 1.40. The second kappa shape index (κ2) is 11.3. The average molecular weight is 383 g/mol. The first kappa shape index (κ1) is 20.2. The number of carbonyl (C=O) groups is 1. The zero-order valence-electron chi connectivity index (χ0n) is 16.4. The highest BCUT2D eigenvalue weighted by molar-refractivity contribution is 5.96. The summed E-state index contributed by atoms with van der Waals surface area (Å²) in [5, 5.41) is 3.02. The van der Waals surface area contributed by atoms with E-state index in [1.54, 1.807) is 6.07 Å². The maximum atomic E-state index is 12.5. The van der Waals surface area contributed by atoms with Crippen molar-refractivity contribution in [2.24, 2.45) is 0 Å². The normalized spacial score (nSPS) is 14.4. The van der Waals surface area contributed by atoms with E-state index in [0.29, 0.717) is 31.1 Å². The number of nitrogens with zero attached hydrogens (tertiary/aromatic N) is 1. The molecule has 3 rings (SSSR count). The Morgan fingerprint density at radius 1 is 0.893 bits per heavy atom. The summed E-state index contributed by atoms with van der Waals surface area (Å²) in [6.45, 7) is 4.92. The van der Waals surface area contributed by atoms with Gasteiger partial charge in [0.1, 0.15) is 24.7 Å². The predicted molar refractivity (Wildman–Crippen MR) is 111 cm³/mol. The number of rotatable bonds is 10. The zero-order chi connectivity index (χ0) is 19.4. The molecule has 1 fully saturated rings. The third-order valence-electron chi connectivity index (χ3n) is 4.87. The highest BCUT2D eigenvalue weighted by Gasteiger charge is 2.13. The molecule has 0 aromatic heterocycles. The van der Waals surface area contributed by atoms with E-state index in [0.717, 1.165) is 18.7 Å². The van der Waals surface area contributed by atoms with E-state index < -0.39 is 0 Å². The van der Waals surface area contributed by atoms with E-state index in [1.807, 2.05) is 48.5 Å². The minimum atomic E-state index is -0.0850. The Hall–Kier alpha value is -2.53. The van der Waals surface area contributed by atoms with Crippen LogP contribution in [-0.2, 0) is 0 Å². The van der Waals surface area contributed by atoms with Gasteiger partial charge < -0.3 is 19.7 Å². The zero-order valence-corrected chi connectivity index (χ0v) is 16.4. The molecule has 1 N–H and O–H groups in total. The van der Waals surface area contributed by atoms with Gasteiger partial charge in [-0.25, -0.2) is 0 Å². The number of piperidine rings is 1. The second-order valence-electron chi connectivity index (χ2n) is 7.02. The molecule has 5 nitrogen and oxygen atoms in total. The quantitative estimate of drug-likeness (QED) is 0.636. The number of benzene rings is 2. The van der Waals surface area contributed by atoms with Crippen LogP contribution in [0.4, 0.5) is 0 Å². The number of carbonyl (C=O) groups excluding carboxylic acids is 1. The number of hydrogen-bond donors (Lipinski definition) is 1. The summed E-state index contributed by atoms with van der Waals surface area (Å²) in [6.07, 6.45) is 4.91. The maximum absolute atomic E-state index is 12.5. The van der Waals surface area contributed by atoms with E-state index in [4.69, 9.17) is 9.47 Å². The topological polar surface area (TPSA) is 50.8 Å². The molecular formula is C23H30N2O3. The first-order valence-corrected chi connectivity index (χ1v) is 10.2. The molecule has 1 heterocycles. The van der Waals surface area contributed by atoms with Crippen molar-refractivity contribution in [1.29, 1.82) is 0 Å². The van der Waals surface area contributed by atoms with Crippen LogP contribution in [0.5, 0.6) is 11.5 Å². The lowest BCUT2D eigenvalue weighted by molar-refractivity contribution is 0.0946. The Morgan fingerprint density at radius 2 is 1.61 bits per heavy atom. The minimum absolute atomic E-state index is 0.0850. The molecule has 1 saturated heterocycles. The van der Waals surface area contributed by atoms with Crippen LogP contribution in [0.2, 0.25) is 0 Å². The molecular weight excluding hydrogens is 352 g/mol.